The molecular weight excluding hydrogens is 519 g/mol. The van der Waals surface area contributed by atoms with Crippen molar-refractivity contribution in [3.63, 3.8) is 0 Å². The van der Waals surface area contributed by atoms with Crippen molar-refractivity contribution in [1.82, 2.24) is 9.97 Å². The number of hydrogen-bond donors (Lipinski definition) is 2. The standard InChI is InChI=1S/C23H19F9N4O/c1-3-12(2)33-20-35-18(13-5-4-6-15(9-13)37-23(30,31)32)11-19(36-20)34-17-8-7-14(21(24,25)26)10-16(17)22(27,28)29/h4-12H,3H2,1-2H3,(H2,33,34,35,36)/t12-/m1/s1. The highest BCUT2D eigenvalue weighted by Gasteiger charge is 2.38. The van der Waals surface area contributed by atoms with E-state index in [1.165, 1.54) is 12.1 Å². The largest absolute Gasteiger partial charge is 0.573 e. The monoisotopic (exact) mass is 538 g/mol. The van der Waals surface area contributed by atoms with Crippen LogP contribution in [-0.4, -0.2) is 22.4 Å². The maximum absolute atomic E-state index is 13.6. The van der Waals surface area contributed by atoms with Gasteiger partial charge in [-0.15, -0.1) is 13.2 Å². The van der Waals surface area contributed by atoms with Crippen LogP contribution >= 0.6 is 0 Å². The van der Waals surface area contributed by atoms with Gasteiger partial charge in [0.05, 0.1) is 22.5 Å². The van der Waals surface area contributed by atoms with Gasteiger partial charge >= 0.3 is 18.7 Å². The fourth-order valence-electron chi connectivity index (χ4n) is 3.10. The van der Waals surface area contributed by atoms with Crippen molar-refractivity contribution in [3.8, 4) is 17.0 Å². The first-order valence-corrected chi connectivity index (χ1v) is 10.6. The van der Waals surface area contributed by atoms with Gasteiger partial charge in [0.2, 0.25) is 5.95 Å². The second-order valence-corrected chi connectivity index (χ2v) is 7.87. The highest BCUT2D eigenvalue weighted by molar-refractivity contribution is 5.70. The number of nitrogens with zero attached hydrogens (tertiary/aromatic N) is 2. The van der Waals surface area contributed by atoms with E-state index in [0.29, 0.717) is 18.6 Å². The lowest BCUT2D eigenvalue weighted by atomic mass is 10.1. The molecule has 37 heavy (non-hydrogen) atoms. The molecule has 0 aliphatic heterocycles. The topological polar surface area (TPSA) is 59.1 Å². The number of nitrogens with one attached hydrogen (secondary N) is 2. The van der Waals surface area contributed by atoms with Crippen LogP contribution in [0, 0.1) is 0 Å². The van der Waals surface area contributed by atoms with E-state index in [9.17, 15) is 39.5 Å². The zero-order chi connectivity index (χ0) is 27.6. The lowest BCUT2D eigenvalue weighted by Crippen LogP contribution is -2.17. The molecule has 0 aliphatic rings. The minimum Gasteiger partial charge on any atom is -0.406 e. The van der Waals surface area contributed by atoms with Crippen molar-refractivity contribution in [2.24, 2.45) is 0 Å². The van der Waals surface area contributed by atoms with Gasteiger partial charge in [-0.25, -0.2) is 4.98 Å². The third kappa shape index (κ3) is 7.64. The Kier molecular flexibility index (Phi) is 7.79. The minimum absolute atomic E-state index is 0.0106. The van der Waals surface area contributed by atoms with Crippen LogP contribution in [0.25, 0.3) is 11.3 Å². The van der Waals surface area contributed by atoms with Crippen LogP contribution in [0.3, 0.4) is 0 Å². The van der Waals surface area contributed by atoms with E-state index < -0.39 is 41.3 Å². The van der Waals surface area contributed by atoms with E-state index in [4.69, 9.17) is 0 Å². The number of benzene rings is 2. The Morgan fingerprint density at radius 3 is 2.16 bits per heavy atom. The second-order valence-electron chi connectivity index (χ2n) is 7.87. The Balaban J connectivity index is 2.08. The van der Waals surface area contributed by atoms with Crippen LogP contribution in [0.2, 0.25) is 0 Å². The third-order valence-corrected chi connectivity index (χ3v) is 4.99. The van der Waals surface area contributed by atoms with Crippen molar-refractivity contribution < 1.29 is 44.3 Å². The molecule has 0 unspecified atom stereocenters. The van der Waals surface area contributed by atoms with Crippen LogP contribution in [0.1, 0.15) is 31.4 Å². The number of anilines is 3. The second kappa shape index (κ2) is 10.3. The van der Waals surface area contributed by atoms with E-state index in [1.54, 1.807) is 6.92 Å². The normalized spacial score (nSPS) is 13.3. The minimum atomic E-state index is -5.14. The Bertz CT molecular complexity index is 1240. The lowest BCUT2D eigenvalue weighted by molar-refractivity contribution is -0.274. The zero-order valence-electron chi connectivity index (χ0n) is 19.1. The van der Waals surface area contributed by atoms with Crippen LogP contribution in [0.15, 0.2) is 48.5 Å². The molecule has 0 spiro atoms. The molecule has 0 amide bonds. The number of halogens is 9. The number of ether oxygens (including phenoxy) is 1. The fourth-order valence-corrected chi connectivity index (χ4v) is 3.10. The van der Waals surface area contributed by atoms with Crippen LogP contribution in [0.5, 0.6) is 5.75 Å². The van der Waals surface area contributed by atoms with Crippen molar-refractivity contribution in [2.75, 3.05) is 10.6 Å². The summed E-state index contributed by atoms with van der Waals surface area (Å²) in [4.78, 5) is 8.30. The van der Waals surface area contributed by atoms with Gasteiger partial charge in [0, 0.05) is 17.7 Å². The SMILES string of the molecule is CC[C@@H](C)Nc1nc(Nc2ccc(C(F)(F)F)cc2C(F)(F)F)cc(-c2cccc(OC(F)(F)F)c2)n1. The van der Waals surface area contributed by atoms with Crippen LogP contribution in [0.4, 0.5) is 57.0 Å². The predicted octanol–water partition coefficient (Wildman–Crippen LogP) is 8.03. The highest BCUT2D eigenvalue weighted by Crippen LogP contribution is 2.40. The fraction of sp³-hybridized carbons (Fsp3) is 0.304. The van der Waals surface area contributed by atoms with Crippen molar-refractivity contribution >= 4 is 17.5 Å². The average molecular weight is 538 g/mol. The summed E-state index contributed by atoms with van der Waals surface area (Å²) in [6.07, 6.45) is -14.5. The van der Waals surface area contributed by atoms with Gasteiger partial charge < -0.3 is 15.4 Å². The zero-order valence-corrected chi connectivity index (χ0v) is 19.1. The summed E-state index contributed by atoms with van der Waals surface area (Å²) in [5.74, 6) is -0.878. The molecule has 0 bridgehead atoms. The Labute approximate surface area is 204 Å². The first kappa shape index (κ1) is 27.9. The molecule has 0 fully saturated rings. The number of aromatic nitrogens is 2. The smallest absolute Gasteiger partial charge is 0.406 e. The summed E-state index contributed by atoms with van der Waals surface area (Å²) in [7, 11) is 0. The quantitative estimate of drug-likeness (QED) is 0.298. The molecule has 14 heteroatoms. The summed E-state index contributed by atoms with van der Waals surface area (Å²) in [5, 5.41) is 5.27. The average Bonchev–Trinajstić information content (AvgIpc) is 2.76. The number of alkyl halides is 9. The molecule has 0 aliphatic carbocycles. The number of rotatable bonds is 7. The molecule has 0 radical (unpaired) electrons. The molecular formula is C23H19F9N4O. The molecule has 200 valence electrons. The van der Waals surface area contributed by atoms with Gasteiger partial charge in [-0.3, -0.25) is 0 Å². The molecule has 3 aromatic rings. The third-order valence-electron chi connectivity index (χ3n) is 4.99. The summed E-state index contributed by atoms with van der Waals surface area (Å²) < 4.78 is 122. The highest BCUT2D eigenvalue weighted by atomic mass is 19.4. The van der Waals surface area contributed by atoms with E-state index in [-0.39, 0.29) is 35.1 Å². The first-order chi connectivity index (χ1) is 17.0. The van der Waals surface area contributed by atoms with E-state index in [2.05, 4.69) is 25.3 Å². The summed E-state index contributed by atoms with van der Waals surface area (Å²) in [6.45, 7) is 3.59. The maximum Gasteiger partial charge on any atom is 0.573 e. The van der Waals surface area contributed by atoms with Gasteiger partial charge in [-0.2, -0.15) is 31.3 Å². The van der Waals surface area contributed by atoms with Gasteiger partial charge in [-0.05, 0) is 43.7 Å². The van der Waals surface area contributed by atoms with Crippen LogP contribution in [-0.2, 0) is 12.4 Å². The van der Waals surface area contributed by atoms with Crippen molar-refractivity contribution in [1.29, 1.82) is 0 Å². The molecule has 1 atom stereocenters. The van der Waals surface area contributed by atoms with E-state index in [1.807, 2.05) is 6.92 Å². The summed E-state index contributed by atoms with van der Waals surface area (Å²) >= 11 is 0. The first-order valence-electron chi connectivity index (χ1n) is 10.6. The van der Waals surface area contributed by atoms with Gasteiger partial charge in [0.25, 0.3) is 0 Å². The molecule has 0 saturated carbocycles. The Hall–Kier alpha value is -3.71. The summed E-state index contributed by atoms with van der Waals surface area (Å²) in [5.41, 5.74) is -3.66. The lowest BCUT2D eigenvalue weighted by Gasteiger charge is -2.18. The van der Waals surface area contributed by atoms with Gasteiger partial charge in [0.1, 0.15) is 11.6 Å². The van der Waals surface area contributed by atoms with Gasteiger partial charge in [0.15, 0.2) is 0 Å². The van der Waals surface area contributed by atoms with Crippen molar-refractivity contribution in [2.45, 2.75) is 45.0 Å². The predicted molar refractivity (Wildman–Crippen MR) is 117 cm³/mol. The van der Waals surface area contributed by atoms with Crippen molar-refractivity contribution in [3.05, 3.63) is 59.7 Å². The molecule has 2 N–H and O–H groups in total. The van der Waals surface area contributed by atoms with Crippen LogP contribution < -0.4 is 15.4 Å². The molecule has 1 aromatic heterocycles. The molecule has 1 heterocycles. The number of hydrogen-bond acceptors (Lipinski definition) is 5. The molecule has 2 aromatic carbocycles. The maximum atomic E-state index is 13.6. The summed E-state index contributed by atoms with van der Waals surface area (Å²) in [6, 6.07) is 6.74. The molecule has 0 saturated heterocycles. The Morgan fingerprint density at radius 1 is 0.865 bits per heavy atom. The van der Waals surface area contributed by atoms with E-state index >= 15 is 0 Å². The molecule has 5 nitrogen and oxygen atoms in total. The van der Waals surface area contributed by atoms with E-state index in [0.717, 1.165) is 18.2 Å². The van der Waals surface area contributed by atoms with Gasteiger partial charge in [-0.1, -0.05) is 19.1 Å². The molecule has 3 rings (SSSR count). The Morgan fingerprint density at radius 2 is 1.57 bits per heavy atom.